The van der Waals surface area contributed by atoms with E-state index in [2.05, 4.69) is 0 Å². The smallest absolute Gasteiger partial charge is 0.435 e. The van der Waals surface area contributed by atoms with E-state index >= 15 is 4.39 Å². The van der Waals surface area contributed by atoms with Crippen molar-refractivity contribution >= 4 is 27.4 Å². The maximum absolute atomic E-state index is 15.1. The van der Waals surface area contributed by atoms with Crippen molar-refractivity contribution in [3.05, 3.63) is 59.7 Å². The molecule has 1 amide bonds. The van der Waals surface area contributed by atoms with Gasteiger partial charge in [-0.05, 0) is 55.9 Å². The lowest BCUT2D eigenvalue weighted by atomic mass is 9.80. The van der Waals surface area contributed by atoms with E-state index in [1.807, 2.05) is 0 Å². The Hall–Kier alpha value is -3.36. The van der Waals surface area contributed by atoms with Crippen molar-refractivity contribution in [1.29, 1.82) is 0 Å². The summed E-state index contributed by atoms with van der Waals surface area (Å²) in [5, 5.41) is 9.33. The maximum atomic E-state index is 15.1. The summed E-state index contributed by atoms with van der Waals surface area (Å²) in [5.41, 5.74) is -7.93. The number of carboxylic acid groups (broad SMARTS) is 1. The Balaban J connectivity index is 1.65. The number of anilines is 1. The van der Waals surface area contributed by atoms with Gasteiger partial charge >= 0.3 is 24.0 Å². The van der Waals surface area contributed by atoms with Crippen LogP contribution in [0.4, 0.5) is 36.4 Å². The fraction of sp³-hybridized carbons (Fsp3) is 0.517. The molecule has 2 aliphatic heterocycles. The molecule has 15 heteroatoms. The van der Waals surface area contributed by atoms with Crippen LogP contribution in [0.1, 0.15) is 43.2 Å². The van der Waals surface area contributed by atoms with E-state index in [1.165, 1.54) is 41.1 Å². The molecular weight excluding hydrogens is 621 g/mol. The number of aliphatic carboxylic acids is 1. The Morgan fingerprint density at radius 3 is 2.00 bits per heavy atom. The van der Waals surface area contributed by atoms with Gasteiger partial charge < -0.3 is 14.9 Å². The standard InChI is InChI=1S/C29H29F7N2O5S/c1-37-16-23-26(44(42,43)20-5-3-2-4-6-20,13-14-38(23)24(39)17-7-9-18(10-8-17)25(40)41)21-12-11-19(15-22(21)37)27(30,28(31,32)33)29(34,35)36/h2-6,11-12,15,17-18,23H,7-10,13-14,16H2,1H3,(H,40,41). The quantitative estimate of drug-likeness (QED) is 0.425. The lowest BCUT2D eigenvalue weighted by molar-refractivity contribution is -0.348. The Kier molecular flexibility index (Phi) is 7.74. The number of rotatable bonds is 5. The number of sulfone groups is 1. The van der Waals surface area contributed by atoms with Crippen molar-refractivity contribution in [3.8, 4) is 0 Å². The third-order valence-electron chi connectivity index (χ3n) is 9.37. The van der Waals surface area contributed by atoms with Crippen molar-refractivity contribution in [2.75, 3.05) is 25.0 Å². The monoisotopic (exact) mass is 650 g/mol. The molecule has 1 saturated carbocycles. The number of likely N-dealkylation sites (N-methyl/N-ethyl adjacent to an activating group) is 1. The Morgan fingerprint density at radius 1 is 0.886 bits per heavy atom. The van der Waals surface area contributed by atoms with Crippen molar-refractivity contribution in [2.45, 2.75) is 65.8 Å². The van der Waals surface area contributed by atoms with Crippen LogP contribution in [0.5, 0.6) is 0 Å². The number of amides is 1. The second-order valence-electron chi connectivity index (χ2n) is 11.7. The predicted molar refractivity (Wildman–Crippen MR) is 143 cm³/mol. The van der Waals surface area contributed by atoms with Gasteiger partial charge in [0.05, 0.1) is 16.9 Å². The second-order valence-corrected chi connectivity index (χ2v) is 13.9. The molecule has 7 nitrogen and oxygen atoms in total. The molecule has 2 heterocycles. The number of halogens is 7. The number of hydrogen-bond donors (Lipinski definition) is 1. The van der Waals surface area contributed by atoms with Crippen molar-refractivity contribution < 1.29 is 53.8 Å². The first kappa shape index (κ1) is 32.0. The van der Waals surface area contributed by atoms with Crippen molar-refractivity contribution in [3.63, 3.8) is 0 Å². The minimum Gasteiger partial charge on any atom is -0.481 e. The van der Waals surface area contributed by atoms with Crippen LogP contribution < -0.4 is 4.90 Å². The van der Waals surface area contributed by atoms with Crippen molar-refractivity contribution in [1.82, 2.24) is 4.90 Å². The molecule has 44 heavy (non-hydrogen) atoms. The van der Waals surface area contributed by atoms with E-state index < -0.39 is 67.9 Å². The summed E-state index contributed by atoms with van der Waals surface area (Å²) in [6.07, 6.45) is -11.9. The number of nitrogens with zero attached hydrogens (tertiary/aromatic N) is 2. The Bertz CT molecular complexity index is 1540. The molecule has 1 saturated heterocycles. The number of carbonyl (C=O) groups excluding carboxylic acids is 1. The molecule has 1 aliphatic carbocycles. The summed E-state index contributed by atoms with van der Waals surface area (Å²) in [6, 6.07) is 7.52. The molecule has 1 N–H and O–H groups in total. The summed E-state index contributed by atoms with van der Waals surface area (Å²) in [6.45, 7) is -0.363. The number of likely N-dealkylation sites (tertiary alicyclic amines) is 1. The summed E-state index contributed by atoms with van der Waals surface area (Å²) in [7, 11) is -3.13. The van der Waals surface area contributed by atoms with E-state index in [9.17, 15) is 49.5 Å². The molecule has 2 atom stereocenters. The molecule has 2 aromatic carbocycles. The minimum atomic E-state index is -6.36. The molecule has 0 spiro atoms. The first-order chi connectivity index (χ1) is 20.4. The predicted octanol–water partition coefficient (Wildman–Crippen LogP) is 5.59. The van der Waals surface area contributed by atoms with Gasteiger partial charge in [0, 0.05) is 37.3 Å². The Morgan fingerprint density at radius 2 is 1.45 bits per heavy atom. The third kappa shape index (κ3) is 4.64. The number of carbonyl (C=O) groups is 2. The van der Waals surface area contributed by atoms with Crippen LogP contribution in [0, 0.1) is 11.8 Å². The molecule has 3 aliphatic rings. The van der Waals surface area contributed by atoms with Crippen LogP contribution in [-0.4, -0.2) is 68.8 Å². The van der Waals surface area contributed by atoms with Gasteiger partial charge in [-0.3, -0.25) is 9.59 Å². The number of hydrogen-bond acceptors (Lipinski definition) is 5. The van der Waals surface area contributed by atoms with Crippen molar-refractivity contribution in [2.24, 2.45) is 11.8 Å². The van der Waals surface area contributed by atoms with Gasteiger partial charge in [-0.25, -0.2) is 12.8 Å². The van der Waals surface area contributed by atoms with Crippen LogP contribution in [0.2, 0.25) is 0 Å². The van der Waals surface area contributed by atoms with Crippen LogP contribution in [0.3, 0.4) is 0 Å². The zero-order chi connectivity index (χ0) is 32.5. The normalized spacial score (nSPS) is 26.2. The van der Waals surface area contributed by atoms with Gasteiger partial charge in [0.2, 0.25) is 5.91 Å². The molecule has 0 bridgehead atoms. The Labute approximate surface area is 248 Å². The van der Waals surface area contributed by atoms with Gasteiger partial charge in [0.15, 0.2) is 9.84 Å². The number of carboxylic acids is 1. The lowest BCUT2D eigenvalue weighted by Crippen LogP contribution is -2.58. The average Bonchev–Trinajstić information content (AvgIpc) is 3.36. The molecule has 0 radical (unpaired) electrons. The van der Waals surface area contributed by atoms with Crippen LogP contribution in [0.15, 0.2) is 53.4 Å². The summed E-state index contributed by atoms with van der Waals surface area (Å²) >= 11 is 0. The van der Waals surface area contributed by atoms with Gasteiger partial charge in [0.25, 0.3) is 0 Å². The van der Waals surface area contributed by atoms with Gasteiger partial charge in [-0.1, -0.05) is 30.3 Å². The molecule has 2 fully saturated rings. The highest BCUT2D eigenvalue weighted by atomic mass is 32.2. The molecule has 2 unspecified atom stereocenters. The summed E-state index contributed by atoms with van der Waals surface area (Å²) in [4.78, 5) is 27.7. The molecular formula is C29H29F7N2O5S. The topological polar surface area (TPSA) is 95.0 Å². The SMILES string of the molecule is CN1CC2N(C(=O)C3CCC(C(=O)O)CC3)CCC2(S(=O)(=O)c2ccccc2)c2ccc(C(F)(C(F)(F)F)C(F)(F)F)cc21. The number of benzene rings is 2. The first-order valence-electron chi connectivity index (χ1n) is 13.9. The third-order valence-corrected chi connectivity index (χ3v) is 11.9. The van der Waals surface area contributed by atoms with E-state index in [4.69, 9.17) is 0 Å². The van der Waals surface area contributed by atoms with E-state index in [-0.39, 0.29) is 61.3 Å². The number of alkyl halides is 7. The van der Waals surface area contributed by atoms with Gasteiger partial charge in [-0.2, -0.15) is 26.3 Å². The maximum Gasteiger partial charge on any atom is 0.435 e. The zero-order valence-electron chi connectivity index (χ0n) is 23.3. The number of fused-ring (bicyclic) bond motifs is 3. The highest BCUT2D eigenvalue weighted by Crippen LogP contribution is 2.57. The van der Waals surface area contributed by atoms with Crippen LogP contribution in [0.25, 0.3) is 0 Å². The fourth-order valence-electron chi connectivity index (χ4n) is 7.04. The molecule has 2 aromatic rings. The summed E-state index contributed by atoms with van der Waals surface area (Å²) < 4.78 is 124. The zero-order valence-corrected chi connectivity index (χ0v) is 24.1. The van der Waals surface area contributed by atoms with Gasteiger partial charge in [0.1, 0.15) is 4.75 Å². The lowest BCUT2D eigenvalue weighted by Gasteiger charge is -2.47. The molecule has 240 valence electrons. The highest BCUT2D eigenvalue weighted by molar-refractivity contribution is 7.92. The van der Waals surface area contributed by atoms with Crippen LogP contribution in [-0.2, 0) is 29.8 Å². The largest absolute Gasteiger partial charge is 0.481 e. The van der Waals surface area contributed by atoms with Gasteiger partial charge in [-0.15, -0.1) is 0 Å². The highest BCUT2D eigenvalue weighted by Gasteiger charge is 2.74. The minimum absolute atomic E-state index is 0.0817. The first-order valence-corrected chi connectivity index (χ1v) is 15.4. The summed E-state index contributed by atoms with van der Waals surface area (Å²) in [5.74, 6) is -2.55. The fourth-order valence-corrected chi connectivity index (χ4v) is 9.36. The van der Waals surface area contributed by atoms with Crippen LogP contribution >= 0.6 is 0 Å². The average molecular weight is 651 g/mol. The second kappa shape index (κ2) is 10.6. The van der Waals surface area contributed by atoms with E-state index in [0.717, 1.165) is 6.07 Å². The molecule has 5 rings (SSSR count). The van der Waals surface area contributed by atoms with E-state index in [1.54, 1.807) is 6.07 Å². The van der Waals surface area contributed by atoms with E-state index in [0.29, 0.717) is 12.1 Å². The molecule has 0 aromatic heterocycles.